The van der Waals surface area contributed by atoms with Crippen LogP contribution in [0.1, 0.15) is 45.5 Å². The molecule has 220 valence electrons. The number of rotatable bonds is 8. The summed E-state index contributed by atoms with van der Waals surface area (Å²) < 4.78 is 63.6. The number of carbonyl (C=O) groups is 1. The van der Waals surface area contributed by atoms with Gasteiger partial charge in [0.15, 0.2) is 6.17 Å². The molecule has 3 N–H and O–H groups in total. The number of nitrogens with zero attached hydrogens (tertiary/aromatic N) is 3. The summed E-state index contributed by atoms with van der Waals surface area (Å²) in [5.74, 6) is -0.907. The van der Waals surface area contributed by atoms with Gasteiger partial charge >= 0.3 is 6.18 Å². The van der Waals surface area contributed by atoms with E-state index in [1.165, 1.54) is 18.0 Å². The highest BCUT2D eigenvalue weighted by Gasteiger charge is 2.51. The van der Waals surface area contributed by atoms with Gasteiger partial charge in [0.05, 0.1) is 37.1 Å². The van der Waals surface area contributed by atoms with Crippen molar-refractivity contribution in [2.24, 2.45) is 5.92 Å². The predicted octanol–water partition coefficient (Wildman–Crippen LogP) is 4.19. The van der Waals surface area contributed by atoms with Gasteiger partial charge in [-0.1, -0.05) is 12.1 Å². The van der Waals surface area contributed by atoms with Crippen LogP contribution < -0.4 is 4.90 Å². The topological polar surface area (TPSA) is 104 Å². The zero-order chi connectivity index (χ0) is 29.5. The molecule has 41 heavy (non-hydrogen) atoms. The summed E-state index contributed by atoms with van der Waals surface area (Å²) in [5.41, 5.74) is -0.989. The number of anilines is 1. The quantitative estimate of drug-likeness (QED) is 0.249. The van der Waals surface area contributed by atoms with Gasteiger partial charge in [-0.3, -0.25) is 20.5 Å². The molecule has 2 aromatic rings. The molecule has 0 aromatic heterocycles. The fourth-order valence-electron chi connectivity index (χ4n) is 6.00. The molecule has 2 atom stereocenters. The third-order valence-corrected chi connectivity index (χ3v) is 8.43. The number of halogens is 4. The normalized spacial score (nSPS) is 21.3. The molecule has 12 heteroatoms. The molecule has 0 bridgehead atoms. The van der Waals surface area contributed by atoms with Gasteiger partial charge < -0.3 is 19.6 Å². The van der Waals surface area contributed by atoms with E-state index in [4.69, 9.17) is 15.6 Å². The Morgan fingerprint density at radius 1 is 1.29 bits per heavy atom. The van der Waals surface area contributed by atoms with Gasteiger partial charge in [0.2, 0.25) is 0 Å². The summed E-state index contributed by atoms with van der Waals surface area (Å²) in [6, 6.07) is 9.09. The second-order valence-electron chi connectivity index (χ2n) is 11.2. The molecule has 0 saturated carbocycles. The van der Waals surface area contributed by atoms with E-state index in [1.807, 2.05) is 4.90 Å². The average molecular weight is 576 g/mol. The van der Waals surface area contributed by atoms with E-state index in [0.29, 0.717) is 29.9 Å². The molecule has 0 radical (unpaired) electrons. The number of aliphatic hydroxyl groups is 1. The van der Waals surface area contributed by atoms with Gasteiger partial charge in [-0.05, 0) is 66.3 Å². The summed E-state index contributed by atoms with van der Waals surface area (Å²) in [5, 5.41) is 25.0. The summed E-state index contributed by atoms with van der Waals surface area (Å²) in [6.45, 7) is 1.23. The number of piperidine rings is 1. The highest BCUT2D eigenvalue weighted by Crippen LogP contribution is 2.43. The second kappa shape index (κ2) is 11.1. The molecule has 3 aliphatic heterocycles. The van der Waals surface area contributed by atoms with Crippen molar-refractivity contribution in [3.8, 4) is 0 Å². The largest absolute Gasteiger partial charge is 0.416 e. The van der Waals surface area contributed by atoms with E-state index in [0.717, 1.165) is 30.1 Å². The van der Waals surface area contributed by atoms with Gasteiger partial charge in [0, 0.05) is 38.0 Å². The number of nitrogens with one attached hydrogen (secondary N) is 2. The van der Waals surface area contributed by atoms with Crippen molar-refractivity contribution in [3.63, 3.8) is 0 Å². The van der Waals surface area contributed by atoms with Gasteiger partial charge in [0.25, 0.3) is 5.91 Å². The Hall–Kier alpha value is -3.35. The van der Waals surface area contributed by atoms with Gasteiger partial charge in [-0.25, -0.2) is 4.39 Å². The van der Waals surface area contributed by atoms with E-state index in [1.54, 1.807) is 24.3 Å². The molecule has 3 aliphatic rings. The standard InChI is InChI=1S/C29H33F4N5O3/c1-36(17-34)26(35)25(30)28(15-41-16-28)20-5-2-6-21(10-20)38-13-23-22(27(38)40)8-19(9-24(23)29(31,32)33)12-37-7-3-4-18(11-37)14-39/h2,5-6,8-10,17-18,25,34-35,39H,3-4,7,11-16H2,1H3. The van der Waals surface area contributed by atoms with E-state index in [9.17, 15) is 23.1 Å². The number of likely N-dealkylation sites (tertiary alicyclic amines) is 1. The minimum atomic E-state index is -4.66. The maximum Gasteiger partial charge on any atom is 0.416 e. The molecule has 0 spiro atoms. The number of amides is 1. The number of ether oxygens (including phenoxy) is 1. The number of amidine groups is 1. The lowest BCUT2D eigenvalue weighted by Crippen LogP contribution is -2.58. The smallest absolute Gasteiger partial charge is 0.396 e. The van der Waals surface area contributed by atoms with Gasteiger partial charge in [0.1, 0.15) is 5.84 Å². The van der Waals surface area contributed by atoms with Crippen LogP contribution in [0.5, 0.6) is 0 Å². The van der Waals surface area contributed by atoms with E-state index in [2.05, 4.69) is 0 Å². The number of carbonyl (C=O) groups excluding carboxylic acids is 1. The van der Waals surface area contributed by atoms with Crippen LogP contribution in [0.4, 0.5) is 23.2 Å². The van der Waals surface area contributed by atoms with Crippen LogP contribution in [-0.4, -0.2) is 79.1 Å². The highest BCUT2D eigenvalue weighted by molar-refractivity contribution is 6.10. The number of alkyl halides is 4. The molecule has 0 aliphatic carbocycles. The minimum Gasteiger partial charge on any atom is -0.396 e. The lowest BCUT2D eigenvalue weighted by molar-refractivity contribution is -0.138. The first-order valence-corrected chi connectivity index (χ1v) is 13.5. The Balaban J connectivity index is 1.45. The summed E-state index contributed by atoms with van der Waals surface area (Å²) in [6.07, 6.45) is -3.92. The van der Waals surface area contributed by atoms with Crippen LogP contribution in [0.2, 0.25) is 0 Å². The molecule has 2 aromatic carbocycles. The maximum absolute atomic E-state index is 15.6. The Labute approximate surface area is 235 Å². The molecular weight excluding hydrogens is 542 g/mol. The number of benzene rings is 2. The fraction of sp³-hybridized carbons (Fsp3) is 0.483. The van der Waals surface area contributed by atoms with Crippen molar-refractivity contribution in [2.45, 2.75) is 43.7 Å². The van der Waals surface area contributed by atoms with Crippen LogP contribution >= 0.6 is 0 Å². The minimum absolute atomic E-state index is 0.00427. The van der Waals surface area contributed by atoms with Crippen molar-refractivity contribution < 1.29 is 32.2 Å². The zero-order valence-corrected chi connectivity index (χ0v) is 22.7. The van der Waals surface area contributed by atoms with Crippen molar-refractivity contribution in [1.82, 2.24) is 9.80 Å². The van der Waals surface area contributed by atoms with Crippen LogP contribution in [0.25, 0.3) is 0 Å². The van der Waals surface area contributed by atoms with Crippen molar-refractivity contribution in [3.05, 3.63) is 64.2 Å². The molecule has 5 rings (SSSR count). The Bertz CT molecular complexity index is 1350. The molecule has 8 nitrogen and oxygen atoms in total. The zero-order valence-electron chi connectivity index (χ0n) is 22.7. The summed E-state index contributed by atoms with van der Waals surface area (Å²) in [7, 11) is 1.40. The van der Waals surface area contributed by atoms with Gasteiger partial charge in [-0.2, -0.15) is 13.2 Å². The van der Waals surface area contributed by atoms with Crippen LogP contribution in [0, 0.1) is 16.7 Å². The third kappa shape index (κ3) is 5.35. The van der Waals surface area contributed by atoms with Crippen LogP contribution in [-0.2, 0) is 29.4 Å². The molecule has 2 unspecified atom stereocenters. The monoisotopic (exact) mass is 575 g/mol. The van der Waals surface area contributed by atoms with Crippen molar-refractivity contribution in [1.29, 1.82) is 10.8 Å². The molecule has 3 heterocycles. The van der Waals surface area contributed by atoms with Crippen LogP contribution in [0.15, 0.2) is 36.4 Å². The fourth-order valence-corrected chi connectivity index (χ4v) is 6.00. The van der Waals surface area contributed by atoms with Gasteiger partial charge in [-0.15, -0.1) is 0 Å². The highest BCUT2D eigenvalue weighted by atomic mass is 19.4. The van der Waals surface area contributed by atoms with Crippen LogP contribution in [0.3, 0.4) is 0 Å². The molecule has 2 fully saturated rings. The SMILES string of the molecule is CN(C=N)C(=N)C(F)C1(c2cccc(N3Cc4c(cc(CN5CCCC(CO)C5)cc4C(F)(F)F)C3=O)c2)COC1. The Kier molecular flexibility index (Phi) is 7.92. The molecule has 1 amide bonds. The Morgan fingerprint density at radius 3 is 2.68 bits per heavy atom. The third-order valence-electron chi connectivity index (χ3n) is 8.43. The lowest BCUT2D eigenvalue weighted by Gasteiger charge is -2.45. The molecular formula is C29H33F4N5O3. The second-order valence-corrected chi connectivity index (χ2v) is 11.2. The number of aliphatic hydroxyl groups excluding tert-OH is 1. The number of fused-ring (bicyclic) bond motifs is 1. The van der Waals surface area contributed by atoms with Crippen molar-refractivity contribution >= 4 is 23.8 Å². The van der Waals surface area contributed by atoms with Crippen molar-refractivity contribution in [2.75, 3.05) is 44.9 Å². The lowest BCUT2D eigenvalue weighted by atomic mass is 9.73. The first-order chi connectivity index (χ1) is 19.5. The number of hydrogen-bond acceptors (Lipinski definition) is 6. The predicted molar refractivity (Wildman–Crippen MR) is 145 cm³/mol. The first kappa shape index (κ1) is 29.2. The van der Waals surface area contributed by atoms with E-state index >= 15 is 4.39 Å². The number of hydrogen-bond donors (Lipinski definition) is 3. The average Bonchev–Trinajstić information content (AvgIpc) is 3.26. The van der Waals surface area contributed by atoms with E-state index < -0.39 is 35.1 Å². The summed E-state index contributed by atoms with van der Waals surface area (Å²) >= 11 is 0. The van der Waals surface area contributed by atoms with E-state index in [-0.39, 0.29) is 50.0 Å². The maximum atomic E-state index is 15.6. The Morgan fingerprint density at radius 2 is 2.05 bits per heavy atom. The first-order valence-electron chi connectivity index (χ1n) is 13.5. The summed E-state index contributed by atoms with van der Waals surface area (Å²) in [4.78, 5) is 17.9. The molecule has 2 saturated heterocycles.